The number of nitrogens with zero attached hydrogens (tertiary/aromatic N) is 1. The van der Waals surface area contributed by atoms with E-state index in [2.05, 4.69) is 17.0 Å². The number of rotatable bonds is 5. The quantitative estimate of drug-likeness (QED) is 0.548. The van der Waals surface area contributed by atoms with E-state index in [1.165, 1.54) is 12.8 Å². The van der Waals surface area contributed by atoms with Crippen molar-refractivity contribution in [2.45, 2.75) is 24.5 Å². The third-order valence-corrected chi connectivity index (χ3v) is 5.98. The molecule has 124 valence electrons. The smallest absolute Gasteiger partial charge is 0.164 e. The second-order valence-electron chi connectivity index (χ2n) is 5.97. The molecule has 0 aliphatic carbocycles. The maximum Gasteiger partial charge on any atom is 0.164 e. The summed E-state index contributed by atoms with van der Waals surface area (Å²) in [6.45, 7) is 2.08. The summed E-state index contributed by atoms with van der Waals surface area (Å²) in [4.78, 5) is 14.9. The van der Waals surface area contributed by atoms with Crippen LogP contribution in [0.25, 0.3) is 0 Å². The first-order valence-electron chi connectivity index (χ1n) is 8.33. The Balaban J connectivity index is 1.75. The van der Waals surface area contributed by atoms with E-state index in [1.54, 1.807) is 11.8 Å². The van der Waals surface area contributed by atoms with Crippen molar-refractivity contribution in [2.75, 3.05) is 13.1 Å². The van der Waals surface area contributed by atoms with Gasteiger partial charge in [0.2, 0.25) is 0 Å². The van der Waals surface area contributed by atoms with Crippen LogP contribution >= 0.6 is 24.0 Å². The highest BCUT2D eigenvalue weighted by atomic mass is 32.2. The van der Waals surface area contributed by atoms with Crippen molar-refractivity contribution >= 4 is 34.1 Å². The number of ketones is 1. The van der Waals surface area contributed by atoms with Crippen LogP contribution in [0.3, 0.4) is 0 Å². The molecular formula is C20H21NOS2. The summed E-state index contributed by atoms with van der Waals surface area (Å²) in [7, 11) is 0. The highest BCUT2D eigenvalue weighted by Gasteiger charge is 2.23. The minimum atomic E-state index is 0.0620. The lowest BCUT2D eigenvalue weighted by molar-refractivity contribution is 0.0982. The molecule has 24 heavy (non-hydrogen) atoms. The fraction of sp³-hybridized carbons (Fsp3) is 0.300. The number of hydrogen-bond donors (Lipinski definition) is 0. The second-order valence-corrected chi connectivity index (χ2v) is 7.81. The molecule has 0 amide bonds. The Hall–Kier alpha value is -1.65. The van der Waals surface area contributed by atoms with Crippen LogP contribution in [0.2, 0.25) is 0 Å². The molecule has 0 bridgehead atoms. The first-order chi connectivity index (χ1) is 11.7. The van der Waals surface area contributed by atoms with Crippen LogP contribution in [0.4, 0.5) is 0 Å². The number of carbonyl (C=O) groups excluding carboxylic acids is 1. The van der Waals surface area contributed by atoms with Crippen molar-refractivity contribution in [2.24, 2.45) is 0 Å². The van der Waals surface area contributed by atoms with Crippen molar-refractivity contribution in [3.05, 3.63) is 71.8 Å². The largest absolute Gasteiger partial charge is 0.358 e. The van der Waals surface area contributed by atoms with Gasteiger partial charge in [0.25, 0.3) is 0 Å². The minimum Gasteiger partial charge on any atom is -0.358 e. The summed E-state index contributed by atoms with van der Waals surface area (Å²) >= 11 is 7.29. The van der Waals surface area contributed by atoms with Gasteiger partial charge in [-0.15, -0.1) is 0 Å². The van der Waals surface area contributed by atoms with E-state index in [1.807, 2.05) is 48.5 Å². The highest BCUT2D eigenvalue weighted by molar-refractivity contribution is 8.23. The molecule has 2 aromatic rings. The Labute approximate surface area is 153 Å². The van der Waals surface area contributed by atoms with Gasteiger partial charge in [-0.25, -0.2) is 0 Å². The molecule has 3 rings (SSSR count). The molecule has 1 fully saturated rings. The van der Waals surface area contributed by atoms with E-state index in [4.69, 9.17) is 12.2 Å². The van der Waals surface area contributed by atoms with Crippen LogP contribution in [0.15, 0.2) is 60.7 Å². The lowest BCUT2D eigenvalue weighted by Crippen LogP contribution is -2.24. The summed E-state index contributed by atoms with van der Waals surface area (Å²) < 4.78 is 0.919. The molecule has 0 aromatic heterocycles. The van der Waals surface area contributed by atoms with E-state index < -0.39 is 0 Å². The van der Waals surface area contributed by atoms with Gasteiger partial charge in [-0.3, -0.25) is 4.79 Å². The monoisotopic (exact) mass is 355 g/mol. The van der Waals surface area contributed by atoms with Crippen molar-refractivity contribution in [1.29, 1.82) is 0 Å². The first-order valence-corrected chi connectivity index (χ1v) is 9.61. The molecule has 1 atom stereocenters. The third kappa shape index (κ3) is 4.46. The molecule has 0 saturated carbocycles. The number of hydrogen-bond acceptors (Lipinski definition) is 3. The van der Waals surface area contributed by atoms with Crippen LogP contribution in [0, 0.1) is 0 Å². The highest BCUT2D eigenvalue weighted by Crippen LogP contribution is 2.35. The SMILES string of the molecule is O=C(CC(SC(=S)N1CCCC1)c1ccccc1)c1ccccc1. The summed E-state index contributed by atoms with van der Waals surface area (Å²) in [6, 6.07) is 19.7. The van der Waals surface area contributed by atoms with Gasteiger partial charge in [-0.1, -0.05) is 84.6 Å². The van der Waals surface area contributed by atoms with Gasteiger partial charge in [0.1, 0.15) is 4.32 Å². The molecule has 2 nitrogen and oxygen atoms in total. The van der Waals surface area contributed by atoms with Crippen molar-refractivity contribution in [3.8, 4) is 0 Å². The molecule has 1 aliphatic heterocycles. The number of thioether (sulfide) groups is 1. The molecule has 1 heterocycles. The minimum absolute atomic E-state index is 0.0620. The van der Waals surface area contributed by atoms with Crippen LogP contribution in [-0.4, -0.2) is 28.1 Å². The maximum absolute atomic E-state index is 12.7. The summed E-state index contributed by atoms with van der Waals surface area (Å²) in [5.41, 5.74) is 1.93. The standard InChI is InChI=1S/C20H21NOS2/c22-18(16-9-3-1-4-10-16)15-19(17-11-5-2-6-12-17)24-20(23)21-13-7-8-14-21/h1-6,9-12,19H,7-8,13-15H2. The topological polar surface area (TPSA) is 20.3 Å². The molecule has 0 N–H and O–H groups in total. The van der Waals surface area contributed by atoms with Gasteiger partial charge in [-0.2, -0.15) is 0 Å². The Morgan fingerprint density at radius 3 is 2.21 bits per heavy atom. The number of thiocarbonyl (C=S) groups is 1. The number of likely N-dealkylation sites (tertiary alicyclic amines) is 1. The van der Waals surface area contributed by atoms with E-state index in [-0.39, 0.29) is 11.0 Å². The third-order valence-electron chi connectivity index (χ3n) is 4.25. The van der Waals surface area contributed by atoms with E-state index in [0.29, 0.717) is 6.42 Å². The Kier molecular flexibility index (Phi) is 6.05. The van der Waals surface area contributed by atoms with E-state index in [0.717, 1.165) is 28.5 Å². The molecule has 2 aromatic carbocycles. The van der Waals surface area contributed by atoms with Crippen LogP contribution < -0.4 is 0 Å². The molecule has 1 saturated heterocycles. The second kappa shape index (κ2) is 8.45. The maximum atomic E-state index is 12.7. The predicted molar refractivity (Wildman–Crippen MR) is 106 cm³/mol. The average molecular weight is 356 g/mol. The Morgan fingerprint density at radius 2 is 1.58 bits per heavy atom. The fourth-order valence-electron chi connectivity index (χ4n) is 2.90. The normalized spacial score (nSPS) is 15.2. The van der Waals surface area contributed by atoms with E-state index >= 15 is 0 Å². The molecule has 1 unspecified atom stereocenters. The lowest BCUT2D eigenvalue weighted by atomic mass is 10.0. The number of Topliss-reactive ketones (excluding diaryl/α,β-unsaturated/α-hetero) is 1. The van der Waals surface area contributed by atoms with Gasteiger partial charge in [0, 0.05) is 30.3 Å². The fourth-order valence-corrected chi connectivity index (χ4v) is 4.54. The van der Waals surface area contributed by atoms with Gasteiger partial charge in [0.15, 0.2) is 5.78 Å². The first kappa shape index (κ1) is 17.2. The summed E-state index contributed by atoms with van der Waals surface area (Å²) in [6.07, 6.45) is 2.88. The molecule has 1 aliphatic rings. The van der Waals surface area contributed by atoms with Crippen LogP contribution in [0.5, 0.6) is 0 Å². The molecule has 4 heteroatoms. The molecule has 0 radical (unpaired) electrons. The summed E-state index contributed by atoms with van der Waals surface area (Å²) in [5.74, 6) is 0.168. The molecule has 0 spiro atoms. The van der Waals surface area contributed by atoms with Crippen molar-refractivity contribution in [3.63, 3.8) is 0 Å². The number of benzene rings is 2. The average Bonchev–Trinajstić information content (AvgIpc) is 3.17. The van der Waals surface area contributed by atoms with Crippen molar-refractivity contribution in [1.82, 2.24) is 4.90 Å². The Morgan fingerprint density at radius 1 is 1.00 bits per heavy atom. The number of carbonyl (C=O) groups is 1. The zero-order chi connectivity index (χ0) is 16.8. The van der Waals surface area contributed by atoms with Crippen LogP contribution in [-0.2, 0) is 0 Å². The molecular weight excluding hydrogens is 334 g/mol. The Bertz CT molecular complexity index is 681. The van der Waals surface area contributed by atoms with Gasteiger partial charge in [-0.05, 0) is 18.4 Å². The predicted octanol–water partition coefficient (Wildman–Crippen LogP) is 5.11. The van der Waals surface area contributed by atoms with Gasteiger partial charge in [0.05, 0.1) is 0 Å². The van der Waals surface area contributed by atoms with Gasteiger partial charge < -0.3 is 4.90 Å². The van der Waals surface area contributed by atoms with Gasteiger partial charge >= 0.3 is 0 Å². The zero-order valence-corrected chi connectivity index (χ0v) is 15.2. The van der Waals surface area contributed by atoms with Crippen molar-refractivity contribution < 1.29 is 4.79 Å². The lowest BCUT2D eigenvalue weighted by Gasteiger charge is -2.23. The van der Waals surface area contributed by atoms with E-state index in [9.17, 15) is 4.79 Å². The summed E-state index contributed by atoms with van der Waals surface area (Å²) in [5, 5.41) is 0.0620. The zero-order valence-electron chi connectivity index (χ0n) is 13.6. The van der Waals surface area contributed by atoms with Crippen LogP contribution in [0.1, 0.15) is 40.4 Å².